The monoisotopic (exact) mass is 223 g/mol. The fraction of sp³-hybridized carbons (Fsp3) is 0.818. The molecule has 1 atom stereocenters. The largest absolute Gasteiger partial charge is 0.315 e. The Labute approximate surface area is 96.6 Å². The summed E-state index contributed by atoms with van der Waals surface area (Å²) >= 11 is 0. The molecule has 0 spiro atoms. The molecule has 1 unspecified atom stereocenters. The molecule has 1 aromatic heterocycles. The van der Waals surface area contributed by atoms with Crippen LogP contribution in [0.5, 0.6) is 0 Å². The number of nitrogens with zero attached hydrogens (tertiary/aromatic N) is 3. The van der Waals surface area contributed by atoms with E-state index in [9.17, 15) is 0 Å². The zero-order valence-electron chi connectivity index (χ0n) is 10.3. The molecule has 0 aliphatic carbocycles. The van der Waals surface area contributed by atoms with Gasteiger partial charge in [0.05, 0.1) is 6.54 Å². The molecule has 16 heavy (non-hydrogen) atoms. The van der Waals surface area contributed by atoms with E-state index in [2.05, 4.69) is 46.2 Å². The lowest BCUT2D eigenvalue weighted by atomic mass is 10.1. The van der Waals surface area contributed by atoms with Crippen molar-refractivity contribution in [3.05, 3.63) is 11.6 Å². The van der Waals surface area contributed by atoms with Crippen molar-refractivity contribution in [1.82, 2.24) is 25.4 Å². The maximum Gasteiger partial charge on any atom is 0.147 e. The predicted octanol–water partition coefficient (Wildman–Crippen LogP) is 0.483. The molecule has 2 N–H and O–H groups in total. The van der Waals surface area contributed by atoms with Gasteiger partial charge in [-0.2, -0.15) is 0 Å². The molecule has 1 aliphatic rings. The van der Waals surface area contributed by atoms with Gasteiger partial charge in [0, 0.05) is 25.0 Å². The Balaban J connectivity index is 2.08. The van der Waals surface area contributed by atoms with Gasteiger partial charge in [-0.25, -0.2) is 0 Å². The van der Waals surface area contributed by atoms with Crippen LogP contribution in [0.15, 0.2) is 0 Å². The Hall–Kier alpha value is -0.940. The van der Waals surface area contributed by atoms with E-state index >= 15 is 0 Å². The third-order valence-corrected chi connectivity index (χ3v) is 2.96. The lowest BCUT2D eigenvalue weighted by molar-refractivity contribution is 0.365. The van der Waals surface area contributed by atoms with Crippen LogP contribution in [0.4, 0.5) is 0 Å². The first kappa shape index (κ1) is 11.5. The van der Waals surface area contributed by atoms with Crippen molar-refractivity contribution in [2.75, 3.05) is 13.1 Å². The van der Waals surface area contributed by atoms with Gasteiger partial charge in [-0.1, -0.05) is 20.8 Å². The second-order valence-electron chi connectivity index (χ2n) is 4.63. The lowest BCUT2D eigenvalue weighted by Crippen LogP contribution is -2.45. The van der Waals surface area contributed by atoms with Gasteiger partial charge in [0.1, 0.15) is 11.6 Å². The third kappa shape index (κ3) is 2.25. The molecule has 0 aromatic carbocycles. The fourth-order valence-corrected chi connectivity index (χ4v) is 2.08. The zero-order valence-corrected chi connectivity index (χ0v) is 10.3. The van der Waals surface area contributed by atoms with Crippen molar-refractivity contribution in [3.63, 3.8) is 0 Å². The molecule has 90 valence electrons. The highest BCUT2D eigenvalue weighted by Gasteiger charge is 2.22. The molecular weight excluding hydrogens is 202 g/mol. The molecule has 2 heterocycles. The summed E-state index contributed by atoms with van der Waals surface area (Å²) in [6.45, 7) is 10.3. The van der Waals surface area contributed by atoms with Crippen LogP contribution in [-0.4, -0.2) is 33.9 Å². The van der Waals surface area contributed by atoms with Gasteiger partial charge >= 0.3 is 0 Å². The average molecular weight is 223 g/mol. The van der Waals surface area contributed by atoms with Crippen molar-refractivity contribution in [1.29, 1.82) is 0 Å². The Kier molecular flexibility index (Phi) is 3.56. The summed E-state index contributed by atoms with van der Waals surface area (Å²) in [4.78, 5) is 0. The van der Waals surface area contributed by atoms with E-state index in [0.29, 0.717) is 12.0 Å². The highest BCUT2D eigenvalue weighted by molar-refractivity contribution is 5.03. The van der Waals surface area contributed by atoms with Gasteiger partial charge in [-0.15, -0.1) is 10.2 Å². The van der Waals surface area contributed by atoms with Crippen LogP contribution in [0, 0.1) is 0 Å². The van der Waals surface area contributed by atoms with E-state index in [4.69, 9.17) is 0 Å². The Morgan fingerprint density at radius 1 is 1.50 bits per heavy atom. The van der Waals surface area contributed by atoms with Gasteiger partial charge in [-0.05, 0) is 6.54 Å². The summed E-state index contributed by atoms with van der Waals surface area (Å²) in [6.07, 6.45) is 0. The van der Waals surface area contributed by atoms with E-state index in [-0.39, 0.29) is 0 Å². The molecule has 0 saturated carbocycles. The maximum absolute atomic E-state index is 4.26. The molecule has 1 aromatic rings. The average Bonchev–Trinajstić information content (AvgIpc) is 2.69. The second-order valence-corrected chi connectivity index (χ2v) is 4.63. The molecular formula is C11H21N5. The summed E-state index contributed by atoms with van der Waals surface area (Å²) in [6, 6.07) is 0.487. The number of likely N-dealkylation sites (N-methyl/N-ethyl adjacent to an activating group) is 1. The quantitative estimate of drug-likeness (QED) is 0.779. The van der Waals surface area contributed by atoms with E-state index in [1.165, 1.54) is 0 Å². The van der Waals surface area contributed by atoms with Crippen molar-refractivity contribution < 1.29 is 0 Å². The highest BCUT2D eigenvalue weighted by Crippen LogP contribution is 2.16. The summed E-state index contributed by atoms with van der Waals surface area (Å²) in [5, 5.41) is 15.3. The zero-order chi connectivity index (χ0) is 11.5. The van der Waals surface area contributed by atoms with Crippen LogP contribution in [0.1, 0.15) is 38.3 Å². The number of aromatic nitrogens is 3. The number of nitrogens with one attached hydrogen (secondary N) is 2. The van der Waals surface area contributed by atoms with Crippen molar-refractivity contribution in [3.8, 4) is 0 Å². The van der Waals surface area contributed by atoms with Gasteiger partial charge in [-0.3, -0.25) is 0 Å². The Morgan fingerprint density at radius 2 is 2.31 bits per heavy atom. The Bertz CT molecular complexity index is 344. The van der Waals surface area contributed by atoms with Gasteiger partial charge in [0.25, 0.3) is 0 Å². The summed E-state index contributed by atoms with van der Waals surface area (Å²) < 4.78 is 2.27. The minimum absolute atomic E-state index is 0.444. The van der Waals surface area contributed by atoms with Crippen LogP contribution in [0.25, 0.3) is 0 Å². The number of fused-ring (bicyclic) bond motifs is 1. The lowest BCUT2D eigenvalue weighted by Gasteiger charge is -2.26. The first-order chi connectivity index (χ1) is 7.72. The minimum Gasteiger partial charge on any atom is -0.315 e. The second kappa shape index (κ2) is 4.93. The highest BCUT2D eigenvalue weighted by atomic mass is 15.3. The predicted molar refractivity (Wildman–Crippen MR) is 63.3 cm³/mol. The van der Waals surface area contributed by atoms with E-state index in [1.807, 2.05) is 0 Å². The van der Waals surface area contributed by atoms with Gasteiger partial charge < -0.3 is 15.2 Å². The smallest absolute Gasteiger partial charge is 0.147 e. The van der Waals surface area contributed by atoms with Gasteiger partial charge in [0.15, 0.2) is 0 Å². The molecule has 0 amide bonds. The summed E-state index contributed by atoms with van der Waals surface area (Å²) in [5.41, 5.74) is 0. The number of hydrogen-bond donors (Lipinski definition) is 2. The summed E-state index contributed by atoms with van der Waals surface area (Å²) in [5.74, 6) is 2.62. The van der Waals surface area contributed by atoms with Crippen LogP contribution >= 0.6 is 0 Å². The minimum atomic E-state index is 0.444. The van der Waals surface area contributed by atoms with E-state index in [0.717, 1.165) is 37.8 Å². The molecule has 0 bridgehead atoms. The molecule has 2 rings (SSSR count). The van der Waals surface area contributed by atoms with Crippen molar-refractivity contribution >= 4 is 0 Å². The standard InChI is InChI=1S/C11H21N5/c1-4-12-5-9-7-16-10(6-13-9)14-15-11(16)8(2)3/h8-9,12-13H,4-7H2,1-3H3. The number of rotatable bonds is 4. The molecule has 5 nitrogen and oxygen atoms in total. The van der Waals surface area contributed by atoms with Crippen LogP contribution in [-0.2, 0) is 13.1 Å². The molecule has 0 saturated heterocycles. The first-order valence-corrected chi connectivity index (χ1v) is 6.08. The third-order valence-electron chi connectivity index (χ3n) is 2.96. The Morgan fingerprint density at radius 3 is 3.00 bits per heavy atom. The van der Waals surface area contributed by atoms with Crippen molar-refractivity contribution in [2.45, 2.75) is 45.8 Å². The summed E-state index contributed by atoms with van der Waals surface area (Å²) in [7, 11) is 0. The molecule has 0 fully saturated rings. The normalized spacial score (nSPS) is 20.1. The molecule has 0 radical (unpaired) electrons. The maximum atomic E-state index is 4.26. The van der Waals surface area contributed by atoms with E-state index in [1.54, 1.807) is 0 Å². The first-order valence-electron chi connectivity index (χ1n) is 6.08. The van der Waals surface area contributed by atoms with Crippen molar-refractivity contribution in [2.24, 2.45) is 0 Å². The fourth-order valence-electron chi connectivity index (χ4n) is 2.08. The topological polar surface area (TPSA) is 54.8 Å². The molecule has 1 aliphatic heterocycles. The van der Waals surface area contributed by atoms with Crippen LogP contribution in [0.2, 0.25) is 0 Å². The van der Waals surface area contributed by atoms with E-state index < -0.39 is 0 Å². The molecule has 5 heteroatoms. The number of hydrogen-bond acceptors (Lipinski definition) is 4. The van der Waals surface area contributed by atoms with Crippen LogP contribution in [0.3, 0.4) is 0 Å². The SMILES string of the molecule is CCNCC1Cn2c(nnc2C(C)C)CN1. The van der Waals surface area contributed by atoms with Gasteiger partial charge in [0.2, 0.25) is 0 Å². The van der Waals surface area contributed by atoms with Crippen LogP contribution < -0.4 is 10.6 Å².